The highest BCUT2D eigenvalue weighted by Gasteiger charge is 2.25. The Hall–Kier alpha value is -0.420. The lowest BCUT2D eigenvalue weighted by atomic mass is 10.2. The van der Waals surface area contributed by atoms with Gasteiger partial charge in [-0.25, -0.2) is 0 Å². The molecule has 1 aliphatic carbocycles. The van der Waals surface area contributed by atoms with Crippen LogP contribution in [0.5, 0.6) is 0 Å². The molecule has 5 heteroatoms. The van der Waals surface area contributed by atoms with Gasteiger partial charge in [0.05, 0.1) is 0 Å². The maximum atomic E-state index is 11.8. The Morgan fingerprint density at radius 3 is 3.00 bits per heavy atom. The van der Waals surface area contributed by atoms with Crippen LogP contribution in [0, 0.1) is 0 Å². The number of thioether (sulfide) groups is 1. The summed E-state index contributed by atoms with van der Waals surface area (Å²) in [6, 6.07) is 2.14. The number of hydrogen-bond acceptors (Lipinski definition) is 2. The van der Waals surface area contributed by atoms with E-state index in [4.69, 9.17) is 0 Å². The minimum Gasteiger partial charge on any atom is -0.356 e. The molecule has 16 heavy (non-hydrogen) atoms. The minimum absolute atomic E-state index is 0.00236. The zero-order chi connectivity index (χ0) is 11.5. The van der Waals surface area contributed by atoms with Crippen LogP contribution in [-0.4, -0.2) is 28.4 Å². The largest absolute Gasteiger partial charge is 0.356 e. The third kappa shape index (κ3) is 2.83. The normalized spacial score (nSPS) is 24.6. The van der Waals surface area contributed by atoms with E-state index in [0.717, 1.165) is 17.3 Å². The number of halogens is 1. The van der Waals surface area contributed by atoms with E-state index in [-0.39, 0.29) is 5.91 Å². The van der Waals surface area contributed by atoms with Crippen LogP contribution in [0.3, 0.4) is 0 Å². The molecule has 1 amide bonds. The summed E-state index contributed by atoms with van der Waals surface area (Å²) in [6.45, 7) is 0. The first-order valence-electron chi connectivity index (χ1n) is 5.36. The topological polar surface area (TPSA) is 44.9 Å². The maximum absolute atomic E-state index is 11.8. The molecule has 0 aliphatic heterocycles. The van der Waals surface area contributed by atoms with Crippen molar-refractivity contribution in [3.63, 3.8) is 0 Å². The monoisotopic (exact) mass is 302 g/mol. The summed E-state index contributed by atoms with van der Waals surface area (Å²) in [5.41, 5.74) is 0.625. The molecule has 0 saturated heterocycles. The predicted octanol–water partition coefficient (Wildman–Crippen LogP) is 2.79. The van der Waals surface area contributed by atoms with E-state index >= 15 is 0 Å². The van der Waals surface area contributed by atoms with E-state index in [1.807, 2.05) is 11.8 Å². The maximum Gasteiger partial charge on any atom is 0.267 e. The van der Waals surface area contributed by atoms with Crippen molar-refractivity contribution in [2.24, 2.45) is 0 Å². The number of carbonyl (C=O) groups is 1. The van der Waals surface area contributed by atoms with Crippen molar-refractivity contribution in [3.05, 3.63) is 22.4 Å². The van der Waals surface area contributed by atoms with E-state index in [1.54, 1.807) is 12.3 Å². The van der Waals surface area contributed by atoms with E-state index in [1.165, 1.54) is 6.42 Å². The van der Waals surface area contributed by atoms with Crippen LogP contribution >= 0.6 is 27.7 Å². The van der Waals surface area contributed by atoms with Gasteiger partial charge in [0.15, 0.2) is 0 Å². The Morgan fingerprint density at radius 2 is 2.44 bits per heavy atom. The van der Waals surface area contributed by atoms with Crippen LogP contribution < -0.4 is 5.32 Å². The number of nitrogens with one attached hydrogen (secondary N) is 2. The van der Waals surface area contributed by atoms with Gasteiger partial charge in [0.1, 0.15) is 5.69 Å². The van der Waals surface area contributed by atoms with Gasteiger partial charge in [0, 0.05) is 22.0 Å². The van der Waals surface area contributed by atoms with Crippen molar-refractivity contribution in [2.45, 2.75) is 30.6 Å². The molecule has 1 aromatic rings. The Balaban J connectivity index is 1.89. The summed E-state index contributed by atoms with van der Waals surface area (Å²) < 4.78 is 0.908. The van der Waals surface area contributed by atoms with Gasteiger partial charge >= 0.3 is 0 Å². The molecule has 0 radical (unpaired) electrons. The molecular weight excluding hydrogens is 288 g/mol. The lowest BCUT2D eigenvalue weighted by molar-refractivity contribution is 0.0933. The molecule has 2 atom stereocenters. The fourth-order valence-corrected chi connectivity index (χ4v) is 3.19. The quantitative estimate of drug-likeness (QED) is 0.902. The van der Waals surface area contributed by atoms with Crippen molar-refractivity contribution < 1.29 is 4.79 Å². The SMILES string of the molecule is CSC1CCC(NC(=O)c2cc(Br)c[nH]2)C1. The highest BCUT2D eigenvalue weighted by molar-refractivity contribution is 9.10. The summed E-state index contributed by atoms with van der Waals surface area (Å²) in [7, 11) is 0. The Bertz CT molecular complexity index is 380. The second kappa shape index (κ2) is 5.27. The molecule has 1 aromatic heterocycles. The van der Waals surface area contributed by atoms with E-state index in [0.29, 0.717) is 17.0 Å². The van der Waals surface area contributed by atoms with Crippen molar-refractivity contribution in [1.82, 2.24) is 10.3 Å². The van der Waals surface area contributed by atoms with Crippen molar-refractivity contribution in [2.75, 3.05) is 6.26 Å². The molecule has 0 bridgehead atoms. The summed E-state index contributed by atoms with van der Waals surface area (Å²) in [5.74, 6) is -0.00236. The molecule has 3 nitrogen and oxygen atoms in total. The number of H-pyrrole nitrogens is 1. The highest BCUT2D eigenvalue weighted by Crippen LogP contribution is 2.28. The van der Waals surface area contributed by atoms with Crippen LogP contribution in [0.2, 0.25) is 0 Å². The van der Waals surface area contributed by atoms with Crippen molar-refractivity contribution >= 4 is 33.6 Å². The lowest BCUT2D eigenvalue weighted by Crippen LogP contribution is -2.33. The molecule has 1 fully saturated rings. The molecule has 1 heterocycles. The highest BCUT2D eigenvalue weighted by atomic mass is 79.9. The Kier molecular flexibility index (Phi) is 3.97. The average molecular weight is 303 g/mol. The molecule has 2 N–H and O–H groups in total. The predicted molar refractivity (Wildman–Crippen MR) is 70.9 cm³/mol. The Morgan fingerprint density at radius 1 is 1.62 bits per heavy atom. The van der Waals surface area contributed by atoms with E-state index < -0.39 is 0 Å². The van der Waals surface area contributed by atoms with Crippen LogP contribution in [-0.2, 0) is 0 Å². The van der Waals surface area contributed by atoms with Gasteiger partial charge in [-0.1, -0.05) is 0 Å². The molecule has 1 saturated carbocycles. The van der Waals surface area contributed by atoms with Gasteiger partial charge in [0.2, 0.25) is 0 Å². The third-order valence-electron chi connectivity index (χ3n) is 2.95. The first kappa shape index (κ1) is 12.0. The molecule has 88 valence electrons. The second-order valence-electron chi connectivity index (χ2n) is 4.07. The second-order valence-corrected chi connectivity index (χ2v) is 6.13. The molecule has 2 rings (SSSR count). The number of aromatic amines is 1. The van der Waals surface area contributed by atoms with Gasteiger partial charge in [-0.05, 0) is 47.5 Å². The zero-order valence-electron chi connectivity index (χ0n) is 9.13. The van der Waals surface area contributed by atoms with Crippen LogP contribution in [0.25, 0.3) is 0 Å². The molecule has 0 spiro atoms. The fourth-order valence-electron chi connectivity index (χ4n) is 2.05. The number of rotatable bonds is 3. The third-order valence-corrected chi connectivity index (χ3v) is 4.50. The number of carbonyl (C=O) groups excluding carboxylic acids is 1. The number of aromatic nitrogens is 1. The summed E-state index contributed by atoms with van der Waals surface area (Å²) in [4.78, 5) is 14.8. The zero-order valence-corrected chi connectivity index (χ0v) is 11.5. The smallest absolute Gasteiger partial charge is 0.267 e. The number of amides is 1. The van der Waals surface area contributed by atoms with Crippen molar-refractivity contribution in [1.29, 1.82) is 0 Å². The van der Waals surface area contributed by atoms with Crippen molar-refractivity contribution in [3.8, 4) is 0 Å². The molecule has 1 aliphatic rings. The van der Waals surface area contributed by atoms with Gasteiger partial charge in [-0.15, -0.1) is 0 Å². The van der Waals surface area contributed by atoms with E-state index in [9.17, 15) is 4.79 Å². The summed E-state index contributed by atoms with van der Waals surface area (Å²) in [5, 5.41) is 3.78. The van der Waals surface area contributed by atoms with E-state index in [2.05, 4.69) is 32.5 Å². The van der Waals surface area contributed by atoms with Gasteiger partial charge < -0.3 is 10.3 Å². The van der Waals surface area contributed by atoms with Crippen LogP contribution in [0.1, 0.15) is 29.8 Å². The van der Waals surface area contributed by atoms with Crippen LogP contribution in [0.4, 0.5) is 0 Å². The summed E-state index contributed by atoms with van der Waals surface area (Å²) in [6.07, 6.45) is 7.31. The fraction of sp³-hybridized carbons (Fsp3) is 0.545. The standard InChI is InChI=1S/C11H15BrN2OS/c1-16-9-3-2-8(5-9)14-11(15)10-4-7(12)6-13-10/h4,6,8-9,13H,2-3,5H2,1H3,(H,14,15). The summed E-state index contributed by atoms with van der Waals surface area (Å²) >= 11 is 5.22. The van der Waals surface area contributed by atoms with Gasteiger partial charge in [-0.3, -0.25) is 4.79 Å². The van der Waals surface area contributed by atoms with Gasteiger partial charge in [-0.2, -0.15) is 11.8 Å². The minimum atomic E-state index is -0.00236. The van der Waals surface area contributed by atoms with Crippen LogP contribution in [0.15, 0.2) is 16.7 Å². The molecular formula is C11H15BrN2OS. The number of hydrogen-bond donors (Lipinski definition) is 2. The lowest BCUT2D eigenvalue weighted by Gasteiger charge is -2.11. The Labute approximate surface area is 108 Å². The first-order valence-corrected chi connectivity index (χ1v) is 7.44. The van der Waals surface area contributed by atoms with Gasteiger partial charge in [0.25, 0.3) is 5.91 Å². The molecule has 0 aromatic carbocycles. The molecule has 2 unspecified atom stereocenters. The first-order chi connectivity index (χ1) is 7.69. The average Bonchev–Trinajstić information content (AvgIpc) is 2.87.